The highest BCUT2D eigenvalue weighted by atomic mass is 32.2. The third-order valence-corrected chi connectivity index (χ3v) is 3.16. The van der Waals surface area contributed by atoms with Crippen molar-refractivity contribution in [1.29, 1.82) is 0 Å². The number of aliphatic hydroxyl groups excluding tert-OH is 1. The first-order chi connectivity index (χ1) is 5.68. The van der Waals surface area contributed by atoms with Gasteiger partial charge in [-0.05, 0) is 38.3 Å². The van der Waals surface area contributed by atoms with Gasteiger partial charge in [0.25, 0.3) is 0 Å². The summed E-state index contributed by atoms with van der Waals surface area (Å²) in [6.45, 7) is 4.46. The van der Waals surface area contributed by atoms with Crippen LogP contribution in [-0.2, 0) is 0 Å². The van der Waals surface area contributed by atoms with Gasteiger partial charge in [-0.1, -0.05) is 6.92 Å². The molecule has 0 spiro atoms. The van der Waals surface area contributed by atoms with Crippen molar-refractivity contribution in [3.05, 3.63) is 0 Å². The van der Waals surface area contributed by atoms with Crippen molar-refractivity contribution >= 4 is 11.8 Å². The van der Waals surface area contributed by atoms with Crippen LogP contribution < -0.4 is 5.32 Å². The Balaban J connectivity index is 3.45. The van der Waals surface area contributed by atoms with Gasteiger partial charge < -0.3 is 10.4 Å². The van der Waals surface area contributed by atoms with Gasteiger partial charge in [-0.25, -0.2) is 0 Å². The molecule has 74 valence electrons. The van der Waals surface area contributed by atoms with Crippen LogP contribution in [0.4, 0.5) is 0 Å². The lowest BCUT2D eigenvalue weighted by atomic mass is 9.98. The summed E-state index contributed by atoms with van der Waals surface area (Å²) in [4.78, 5) is 0. The van der Waals surface area contributed by atoms with Crippen molar-refractivity contribution in [2.24, 2.45) is 0 Å². The number of hydrogen-bond donors (Lipinski definition) is 2. The fourth-order valence-electron chi connectivity index (χ4n) is 0.992. The van der Waals surface area contributed by atoms with E-state index < -0.39 is 0 Å². The van der Waals surface area contributed by atoms with Gasteiger partial charge in [-0.2, -0.15) is 11.8 Å². The molecule has 0 fully saturated rings. The lowest BCUT2D eigenvalue weighted by Gasteiger charge is -2.26. The minimum atomic E-state index is -0.0751. The second-order valence-corrected chi connectivity index (χ2v) is 4.66. The second-order valence-electron chi connectivity index (χ2n) is 3.27. The van der Waals surface area contributed by atoms with Gasteiger partial charge in [-0.3, -0.25) is 0 Å². The Kier molecular flexibility index (Phi) is 6.90. The molecule has 0 amide bonds. The van der Waals surface area contributed by atoms with E-state index in [9.17, 15) is 0 Å². The first-order valence-corrected chi connectivity index (χ1v) is 5.71. The van der Waals surface area contributed by atoms with Crippen molar-refractivity contribution in [2.75, 3.05) is 25.2 Å². The van der Waals surface area contributed by atoms with Crippen LogP contribution in [0.1, 0.15) is 26.7 Å². The third-order valence-electron chi connectivity index (χ3n) is 2.17. The zero-order chi connectivity index (χ0) is 9.45. The van der Waals surface area contributed by atoms with E-state index in [1.165, 1.54) is 17.9 Å². The standard InChI is InChI=1S/C9H21NOS/c1-4-12-7-5-6-9(2,8-11)10-3/h10-11H,4-8H2,1-3H3. The largest absolute Gasteiger partial charge is 0.394 e. The van der Waals surface area contributed by atoms with Crippen LogP contribution in [0.15, 0.2) is 0 Å². The molecule has 1 atom stereocenters. The highest BCUT2D eigenvalue weighted by molar-refractivity contribution is 7.99. The molecular weight excluding hydrogens is 170 g/mol. The summed E-state index contributed by atoms with van der Waals surface area (Å²) < 4.78 is 0. The Morgan fingerprint density at radius 2 is 2.17 bits per heavy atom. The SMILES string of the molecule is CCSCCCC(C)(CO)NC. The van der Waals surface area contributed by atoms with E-state index in [2.05, 4.69) is 19.2 Å². The summed E-state index contributed by atoms with van der Waals surface area (Å²) in [5.41, 5.74) is -0.0751. The molecule has 0 saturated carbocycles. The molecule has 3 heteroatoms. The molecule has 0 rings (SSSR count). The lowest BCUT2D eigenvalue weighted by Crippen LogP contribution is -2.43. The van der Waals surface area contributed by atoms with Crippen molar-refractivity contribution in [3.63, 3.8) is 0 Å². The number of rotatable bonds is 7. The summed E-state index contributed by atoms with van der Waals surface area (Å²) in [6.07, 6.45) is 2.23. The van der Waals surface area contributed by atoms with Crippen LogP contribution in [0.2, 0.25) is 0 Å². The number of likely N-dealkylation sites (N-methyl/N-ethyl adjacent to an activating group) is 1. The first kappa shape index (κ1) is 12.3. The van der Waals surface area contributed by atoms with Gasteiger partial charge in [0.05, 0.1) is 6.61 Å². The van der Waals surface area contributed by atoms with Gasteiger partial charge in [0.15, 0.2) is 0 Å². The molecular formula is C9H21NOS. The maximum Gasteiger partial charge on any atom is 0.0610 e. The van der Waals surface area contributed by atoms with Gasteiger partial charge >= 0.3 is 0 Å². The Morgan fingerprint density at radius 1 is 1.50 bits per heavy atom. The normalized spacial score (nSPS) is 16.0. The summed E-state index contributed by atoms with van der Waals surface area (Å²) in [5, 5.41) is 12.2. The van der Waals surface area contributed by atoms with Crippen molar-refractivity contribution in [3.8, 4) is 0 Å². The Labute approximate surface area is 80.1 Å². The maximum absolute atomic E-state index is 9.07. The van der Waals surface area contributed by atoms with Gasteiger partial charge in [0, 0.05) is 5.54 Å². The average molecular weight is 191 g/mol. The highest BCUT2D eigenvalue weighted by Gasteiger charge is 2.19. The topological polar surface area (TPSA) is 32.3 Å². The predicted octanol–water partition coefficient (Wildman–Crippen LogP) is 1.49. The molecule has 1 unspecified atom stereocenters. The summed E-state index contributed by atoms with van der Waals surface area (Å²) in [5.74, 6) is 2.39. The van der Waals surface area contributed by atoms with Crippen molar-refractivity contribution in [1.82, 2.24) is 5.32 Å². The number of hydrogen-bond acceptors (Lipinski definition) is 3. The van der Waals surface area contributed by atoms with Gasteiger partial charge in [0.1, 0.15) is 0 Å². The first-order valence-electron chi connectivity index (χ1n) is 4.56. The molecule has 0 aromatic rings. The molecule has 0 radical (unpaired) electrons. The molecule has 0 aromatic heterocycles. The molecule has 0 heterocycles. The van der Waals surface area contributed by atoms with Crippen LogP contribution in [-0.4, -0.2) is 35.8 Å². The molecule has 0 bridgehead atoms. The number of nitrogens with one attached hydrogen (secondary N) is 1. The second kappa shape index (κ2) is 6.75. The van der Waals surface area contributed by atoms with E-state index in [4.69, 9.17) is 5.11 Å². The molecule has 0 aliphatic heterocycles. The quantitative estimate of drug-likeness (QED) is 0.598. The third kappa shape index (κ3) is 5.01. The molecule has 0 saturated heterocycles. The van der Waals surface area contributed by atoms with E-state index in [1.54, 1.807) is 0 Å². The molecule has 12 heavy (non-hydrogen) atoms. The molecule has 2 nitrogen and oxygen atoms in total. The Hall–Kier alpha value is 0.270. The zero-order valence-electron chi connectivity index (χ0n) is 8.39. The highest BCUT2D eigenvalue weighted by Crippen LogP contribution is 2.13. The lowest BCUT2D eigenvalue weighted by molar-refractivity contribution is 0.173. The molecule has 0 aliphatic rings. The summed E-state index contributed by atoms with van der Waals surface area (Å²) in [7, 11) is 1.91. The van der Waals surface area contributed by atoms with Crippen LogP contribution in [0.5, 0.6) is 0 Å². The zero-order valence-corrected chi connectivity index (χ0v) is 9.21. The molecule has 0 aromatic carbocycles. The van der Waals surface area contributed by atoms with Crippen LogP contribution in [0, 0.1) is 0 Å². The van der Waals surface area contributed by atoms with Gasteiger partial charge in [0.2, 0.25) is 0 Å². The van der Waals surface area contributed by atoms with Crippen molar-refractivity contribution in [2.45, 2.75) is 32.2 Å². The minimum absolute atomic E-state index is 0.0751. The smallest absolute Gasteiger partial charge is 0.0610 e. The van der Waals surface area contributed by atoms with E-state index >= 15 is 0 Å². The summed E-state index contributed by atoms with van der Waals surface area (Å²) in [6, 6.07) is 0. The van der Waals surface area contributed by atoms with Crippen LogP contribution in [0.3, 0.4) is 0 Å². The van der Waals surface area contributed by atoms with E-state index in [0.29, 0.717) is 0 Å². The molecule has 2 N–H and O–H groups in total. The molecule has 0 aliphatic carbocycles. The fourth-order valence-corrected chi connectivity index (χ4v) is 1.63. The Morgan fingerprint density at radius 3 is 2.58 bits per heavy atom. The predicted molar refractivity (Wildman–Crippen MR) is 56.8 cm³/mol. The van der Waals surface area contributed by atoms with E-state index in [1.807, 2.05) is 18.8 Å². The number of aliphatic hydroxyl groups is 1. The monoisotopic (exact) mass is 191 g/mol. The number of thioether (sulfide) groups is 1. The van der Waals surface area contributed by atoms with Gasteiger partial charge in [-0.15, -0.1) is 0 Å². The van der Waals surface area contributed by atoms with E-state index in [0.717, 1.165) is 6.42 Å². The maximum atomic E-state index is 9.07. The van der Waals surface area contributed by atoms with Crippen LogP contribution >= 0.6 is 11.8 Å². The minimum Gasteiger partial charge on any atom is -0.394 e. The fraction of sp³-hybridized carbons (Fsp3) is 1.00. The van der Waals surface area contributed by atoms with Crippen molar-refractivity contribution < 1.29 is 5.11 Å². The average Bonchev–Trinajstić information content (AvgIpc) is 2.12. The Bertz CT molecular complexity index is 105. The van der Waals surface area contributed by atoms with E-state index in [-0.39, 0.29) is 12.1 Å². The van der Waals surface area contributed by atoms with Crippen LogP contribution in [0.25, 0.3) is 0 Å². The summed E-state index contributed by atoms with van der Waals surface area (Å²) >= 11 is 1.96.